The van der Waals surface area contributed by atoms with Crippen LogP contribution in [0.3, 0.4) is 0 Å². The molecule has 0 aromatic heterocycles. The second-order valence-electron chi connectivity index (χ2n) is 5.87. The summed E-state index contributed by atoms with van der Waals surface area (Å²) in [4.78, 5) is 25.8. The average molecular weight is 254 g/mol. The first-order valence-corrected chi connectivity index (χ1v) is 6.95. The molecule has 18 heavy (non-hydrogen) atoms. The van der Waals surface area contributed by atoms with Gasteiger partial charge in [-0.1, -0.05) is 13.8 Å². The molecule has 5 nitrogen and oxygen atoms in total. The number of nitrogens with zero attached hydrogens (tertiary/aromatic N) is 1. The Bertz CT molecular complexity index is 322. The normalized spacial score (nSPS) is 33.1. The van der Waals surface area contributed by atoms with Gasteiger partial charge in [0.05, 0.1) is 19.5 Å². The van der Waals surface area contributed by atoms with Gasteiger partial charge in [-0.15, -0.1) is 0 Å². The Hall–Kier alpha value is -1.10. The van der Waals surface area contributed by atoms with Crippen LogP contribution in [0.25, 0.3) is 0 Å². The first kappa shape index (κ1) is 13.3. The fourth-order valence-corrected chi connectivity index (χ4v) is 3.08. The molecule has 2 saturated heterocycles. The lowest BCUT2D eigenvalue weighted by Crippen LogP contribution is -2.96. The number of nitrogens with two attached hydrogens (primary N) is 1. The van der Waals surface area contributed by atoms with E-state index in [9.17, 15) is 9.59 Å². The van der Waals surface area contributed by atoms with E-state index < -0.39 is 0 Å². The van der Waals surface area contributed by atoms with Gasteiger partial charge in [-0.3, -0.25) is 9.59 Å². The summed E-state index contributed by atoms with van der Waals surface area (Å²) in [6.07, 6.45) is 1.53. The summed E-state index contributed by atoms with van der Waals surface area (Å²) in [6, 6.07) is -0.223. The van der Waals surface area contributed by atoms with Crippen LogP contribution in [0, 0.1) is 11.8 Å². The summed E-state index contributed by atoms with van der Waals surface area (Å²) < 4.78 is 0. The van der Waals surface area contributed by atoms with Crippen molar-refractivity contribution in [1.82, 2.24) is 10.2 Å². The summed E-state index contributed by atoms with van der Waals surface area (Å²) >= 11 is 0. The van der Waals surface area contributed by atoms with Gasteiger partial charge in [0.15, 0.2) is 6.04 Å². The Labute approximate surface area is 108 Å². The quantitative estimate of drug-likeness (QED) is 0.660. The fraction of sp³-hybridized carbons (Fsp3) is 0.846. The van der Waals surface area contributed by atoms with Crippen molar-refractivity contribution < 1.29 is 14.9 Å². The number of hydrogen-bond acceptors (Lipinski definition) is 2. The predicted molar refractivity (Wildman–Crippen MR) is 67.7 cm³/mol. The Balaban J connectivity index is 1.88. The highest BCUT2D eigenvalue weighted by Gasteiger charge is 2.32. The number of nitrogens with one attached hydrogen (secondary N) is 1. The van der Waals surface area contributed by atoms with Crippen LogP contribution in [0.4, 0.5) is 0 Å². The van der Waals surface area contributed by atoms with E-state index in [0.717, 1.165) is 19.6 Å². The molecule has 3 N–H and O–H groups in total. The van der Waals surface area contributed by atoms with Gasteiger partial charge in [-0.2, -0.15) is 0 Å². The molecule has 2 heterocycles. The van der Waals surface area contributed by atoms with E-state index >= 15 is 0 Å². The standard InChI is InChI=1S/C13H23N3O2/c1-9-5-10(2)8-16(7-9)12(17)6-11-13(18)15-4-3-14-11/h9-11,14H,3-8H2,1-2H3,(H,15,18)/p+1/t9-,10-,11-/m0/s1. The van der Waals surface area contributed by atoms with Crippen molar-refractivity contribution in [3.05, 3.63) is 0 Å². The minimum atomic E-state index is -0.223. The van der Waals surface area contributed by atoms with Crippen LogP contribution in [0.1, 0.15) is 26.7 Å². The summed E-state index contributed by atoms with van der Waals surface area (Å²) in [5, 5.41) is 4.80. The Morgan fingerprint density at radius 3 is 2.67 bits per heavy atom. The molecule has 5 heteroatoms. The third kappa shape index (κ3) is 3.22. The van der Waals surface area contributed by atoms with E-state index in [-0.39, 0.29) is 17.9 Å². The Morgan fingerprint density at radius 1 is 1.39 bits per heavy atom. The fourth-order valence-electron chi connectivity index (χ4n) is 3.08. The van der Waals surface area contributed by atoms with Crippen LogP contribution >= 0.6 is 0 Å². The third-order valence-electron chi connectivity index (χ3n) is 3.85. The van der Waals surface area contributed by atoms with Crippen molar-refractivity contribution in [3.8, 4) is 0 Å². The number of carbonyl (C=O) groups is 2. The highest BCUT2D eigenvalue weighted by atomic mass is 16.2. The van der Waals surface area contributed by atoms with Gasteiger partial charge in [0, 0.05) is 13.1 Å². The molecule has 0 aromatic carbocycles. The van der Waals surface area contributed by atoms with Crippen LogP contribution < -0.4 is 10.6 Å². The largest absolute Gasteiger partial charge is 0.345 e. The van der Waals surface area contributed by atoms with Gasteiger partial charge in [0.2, 0.25) is 5.91 Å². The lowest BCUT2D eigenvalue weighted by atomic mass is 9.91. The number of rotatable bonds is 2. The number of piperazine rings is 1. The van der Waals surface area contributed by atoms with E-state index in [0.29, 0.717) is 24.8 Å². The van der Waals surface area contributed by atoms with Crippen molar-refractivity contribution >= 4 is 11.8 Å². The van der Waals surface area contributed by atoms with Gasteiger partial charge < -0.3 is 15.5 Å². The minimum absolute atomic E-state index is 0.00714. The van der Waals surface area contributed by atoms with Crippen molar-refractivity contribution in [3.63, 3.8) is 0 Å². The van der Waals surface area contributed by atoms with Crippen LogP contribution in [-0.2, 0) is 9.59 Å². The molecule has 2 aliphatic rings. The third-order valence-corrected chi connectivity index (χ3v) is 3.85. The molecule has 0 bridgehead atoms. The topological polar surface area (TPSA) is 66.0 Å². The Morgan fingerprint density at radius 2 is 2.06 bits per heavy atom. The van der Waals surface area contributed by atoms with Crippen molar-refractivity contribution in [2.24, 2.45) is 11.8 Å². The van der Waals surface area contributed by atoms with E-state index in [2.05, 4.69) is 19.2 Å². The number of likely N-dealkylation sites (tertiary alicyclic amines) is 1. The molecular weight excluding hydrogens is 230 g/mol. The van der Waals surface area contributed by atoms with E-state index in [1.54, 1.807) is 0 Å². The van der Waals surface area contributed by atoms with Crippen molar-refractivity contribution in [2.75, 3.05) is 26.2 Å². The molecule has 0 radical (unpaired) electrons. The average Bonchev–Trinajstić information content (AvgIpc) is 2.31. The van der Waals surface area contributed by atoms with Gasteiger partial charge in [0.1, 0.15) is 0 Å². The van der Waals surface area contributed by atoms with Crippen LogP contribution in [0.15, 0.2) is 0 Å². The smallest absolute Gasteiger partial charge is 0.278 e. The maximum absolute atomic E-state index is 12.2. The molecule has 0 unspecified atom stereocenters. The van der Waals surface area contributed by atoms with Crippen LogP contribution in [-0.4, -0.2) is 48.9 Å². The van der Waals surface area contributed by atoms with Crippen molar-refractivity contribution in [2.45, 2.75) is 32.7 Å². The Kier molecular flexibility index (Phi) is 4.22. The van der Waals surface area contributed by atoms with Crippen molar-refractivity contribution in [1.29, 1.82) is 0 Å². The van der Waals surface area contributed by atoms with Gasteiger partial charge in [-0.05, 0) is 18.3 Å². The first-order chi connectivity index (χ1) is 8.56. The lowest BCUT2D eigenvalue weighted by molar-refractivity contribution is -0.678. The van der Waals surface area contributed by atoms with E-state index in [4.69, 9.17) is 0 Å². The second-order valence-corrected chi connectivity index (χ2v) is 5.87. The summed E-state index contributed by atoms with van der Waals surface area (Å²) in [7, 11) is 0. The zero-order valence-electron chi connectivity index (χ0n) is 11.3. The van der Waals surface area contributed by atoms with Crippen LogP contribution in [0.5, 0.6) is 0 Å². The minimum Gasteiger partial charge on any atom is -0.345 e. The monoisotopic (exact) mass is 254 g/mol. The molecule has 102 valence electrons. The zero-order chi connectivity index (χ0) is 13.1. The molecule has 2 fully saturated rings. The molecule has 3 atom stereocenters. The predicted octanol–water partition coefficient (Wildman–Crippen LogP) is -1.06. The zero-order valence-corrected chi connectivity index (χ0v) is 11.3. The molecule has 0 spiro atoms. The van der Waals surface area contributed by atoms with E-state index in [1.807, 2.05) is 10.2 Å². The lowest BCUT2D eigenvalue weighted by Gasteiger charge is -2.35. The van der Waals surface area contributed by atoms with Crippen LogP contribution in [0.2, 0.25) is 0 Å². The van der Waals surface area contributed by atoms with E-state index in [1.165, 1.54) is 6.42 Å². The highest BCUT2D eigenvalue weighted by Crippen LogP contribution is 2.21. The summed E-state index contributed by atoms with van der Waals surface area (Å²) in [5.74, 6) is 1.28. The maximum atomic E-state index is 12.2. The SMILES string of the molecule is C[C@H]1C[C@H](C)CN(C(=O)C[C@@H]2[NH2+]CCNC2=O)C1. The van der Waals surface area contributed by atoms with Gasteiger partial charge in [-0.25, -0.2) is 0 Å². The molecule has 0 aromatic rings. The molecule has 0 aliphatic carbocycles. The number of quaternary nitrogens is 1. The second kappa shape index (κ2) is 5.69. The number of hydrogen-bond donors (Lipinski definition) is 2. The molecular formula is C13H24N3O2+. The number of amides is 2. The first-order valence-electron chi connectivity index (χ1n) is 6.95. The highest BCUT2D eigenvalue weighted by molar-refractivity contribution is 5.87. The molecule has 2 amide bonds. The molecule has 2 rings (SSSR count). The number of carbonyl (C=O) groups excluding carboxylic acids is 2. The summed E-state index contributed by atoms with van der Waals surface area (Å²) in [5.41, 5.74) is 0. The number of piperidine rings is 1. The summed E-state index contributed by atoms with van der Waals surface area (Å²) in [6.45, 7) is 7.65. The molecule has 0 saturated carbocycles. The van der Waals surface area contributed by atoms with Gasteiger partial charge in [0.25, 0.3) is 5.91 Å². The van der Waals surface area contributed by atoms with Gasteiger partial charge >= 0.3 is 0 Å². The maximum Gasteiger partial charge on any atom is 0.278 e. The molecule has 2 aliphatic heterocycles.